The lowest BCUT2D eigenvalue weighted by molar-refractivity contribution is 0.588. The molecular weight excluding hydrogens is 238 g/mol. The van der Waals surface area contributed by atoms with E-state index in [2.05, 4.69) is 17.0 Å². The normalized spacial score (nSPS) is 17.8. The minimum absolute atomic E-state index is 0.117. The van der Waals surface area contributed by atoms with Crippen LogP contribution in [0.2, 0.25) is 0 Å². The highest BCUT2D eigenvalue weighted by Gasteiger charge is 2.37. The van der Waals surface area contributed by atoms with Crippen molar-refractivity contribution in [1.29, 1.82) is 0 Å². The van der Waals surface area contributed by atoms with Crippen LogP contribution in [0.1, 0.15) is 19.8 Å². The zero-order valence-corrected chi connectivity index (χ0v) is 10.8. The van der Waals surface area contributed by atoms with Gasteiger partial charge in [-0.3, -0.25) is 0 Å². The first kappa shape index (κ1) is 12.2. The molecule has 0 heterocycles. The zero-order chi connectivity index (χ0) is 12.7. The molecule has 1 aliphatic carbocycles. The highest BCUT2D eigenvalue weighted by Crippen LogP contribution is 2.38. The Hall–Kier alpha value is -1.27. The number of sulfonamides is 1. The van der Waals surface area contributed by atoms with Crippen LogP contribution < -0.4 is 15.8 Å². The summed E-state index contributed by atoms with van der Waals surface area (Å²) in [7, 11) is -2.11. The summed E-state index contributed by atoms with van der Waals surface area (Å²) in [6, 6.07) is 4.92. The van der Waals surface area contributed by atoms with Gasteiger partial charge in [-0.2, -0.15) is 0 Å². The van der Waals surface area contributed by atoms with E-state index >= 15 is 0 Å². The first-order valence-corrected chi connectivity index (χ1v) is 6.96. The van der Waals surface area contributed by atoms with Crippen molar-refractivity contribution in [3.8, 4) is 0 Å². The number of nitrogens with one attached hydrogen (secondary N) is 2. The Bertz CT molecular complexity index is 536. The highest BCUT2D eigenvalue weighted by molar-refractivity contribution is 7.89. The van der Waals surface area contributed by atoms with Crippen LogP contribution in [-0.2, 0) is 10.0 Å². The average Bonchev–Trinajstić information content (AvgIpc) is 2.95. The fourth-order valence-electron chi connectivity index (χ4n) is 1.64. The molecular formula is C11H17N3O2S. The van der Waals surface area contributed by atoms with Crippen molar-refractivity contribution in [1.82, 2.24) is 4.72 Å². The summed E-state index contributed by atoms with van der Waals surface area (Å²) in [5, 5.41) is 3.33. The molecule has 1 fully saturated rings. The van der Waals surface area contributed by atoms with Gasteiger partial charge in [-0.05, 0) is 45.0 Å². The molecule has 0 aromatic heterocycles. The van der Waals surface area contributed by atoms with Gasteiger partial charge in [0.05, 0.1) is 5.69 Å². The predicted octanol–water partition coefficient (Wildman–Crippen LogP) is 1.14. The van der Waals surface area contributed by atoms with Crippen LogP contribution >= 0.6 is 0 Å². The fourth-order valence-corrected chi connectivity index (χ4v) is 2.48. The zero-order valence-electron chi connectivity index (χ0n) is 9.95. The molecule has 94 valence electrons. The molecule has 0 bridgehead atoms. The van der Waals surface area contributed by atoms with Crippen molar-refractivity contribution < 1.29 is 8.42 Å². The third kappa shape index (κ3) is 2.53. The van der Waals surface area contributed by atoms with E-state index in [1.165, 1.54) is 13.1 Å². The van der Waals surface area contributed by atoms with E-state index in [0.717, 1.165) is 18.5 Å². The number of anilines is 2. The first-order valence-electron chi connectivity index (χ1n) is 5.48. The van der Waals surface area contributed by atoms with Gasteiger partial charge < -0.3 is 11.1 Å². The molecule has 0 unspecified atom stereocenters. The molecule has 0 amide bonds. The van der Waals surface area contributed by atoms with Crippen LogP contribution in [0.4, 0.5) is 11.4 Å². The Morgan fingerprint density at radius 3 is 2.47 bits per heavy atom. The van der Waals surface area contributed by atoms with Gasteiger partial charge in [0.2, 0.25) is 10.0 Å². The maximum absolute atomic E-state index is 11.6. The molecule has 4 N–H and O–H groups in total. The van der Waals surface area contributed by atoms with Crippen LogP contribution in [0.15, 0.2) is 23.1 Å². The van der Waals surface area contributed by atoms with E-state index in [0.29, 0.717) is 0 Å². The topological polar surface area (TPSA) is 84.2 Å². The molecule has 1 aromatic rings. The lowest BCUT2D eigenvalue weighted by atomic mass is 10.2. The fraction of sp³-hybridized carbons (Fsp3) is 0.455. The van der Waals surface area contributed by atoms with Gasteiger partial charge in [-0.1, -0.05) is 0 Å². The Kier molecular flexibility index (Phi) is 2.79. The predicted molar refractivity (Wildman–Crippen MR) is 68.4 cm³/mol. The smallest absolute Gasteiger partial charge is 0.242 e. The van der Waals surface area contributed by atoms with Crippen molar-refractivity contribution in [2.24, 2.45) is 0 Å². The molecule has 0 atom stereocenters. The Balaban J connectivity index is 2.29. The molecule has 1 aliphatic rings. The summed E-state index contributed by atoms with van der Waals surface area (Å²) in [5.41, 5.74) is 7.03. The summed E-state index contributed by atoms with van der Waals surface area (Å²) in [6.45, 7) is 2.13. The Labute approximate surface area is 101 Å². The van der Waals surface area contributed by atoms with Gasteiger partial charge in [0, 0.05) is 11.2 Å². The van der Waals surface area contributed by atoms with Crippen molar-refractivity contribution in [3.05, 3.63) is 18.2 Å². The maximum atomic E-state index is 11.6. The minimum Gasteiger partial charge on any atom is -0.398 e. The molecule has 17 heavy (non-hydrogen) atoms. The molecule has 0 spiro atoms. The van der Waals surface area contributed by atoms with E-state index in [4.69, 9.17) is 5.73 Å². The van der Waals surface area contributed by atoms with Gasteiger partial charge >= 0.3 is 0 Å². The van der Waals surface area contributed by atoms with E-state index < -0.39 is 10.0 Å². The largest absolute Gasteiger partial charge is 0.398 e. The number of hydrogen-bond donors (Lipinski definition) is 3. The van der Waals surface area contributed by atoms with E-state index in [1.54, 1.807) is 12.1 Å². The second-order valence-corrected chi connectivity index (χ2v) is 6.50. The quantitative estimate of drug-likeness (QED) is 0.704. The van der Waals surface area contributed by atoms with Crippen molar-refractivity contribution in [3.63, 3.8) is 0 Å². The molecule has 0 saturated heterocycles. The van der Waals surface area contributed by atoms with Crippen LogP contribution in [0.5, 0.6) is 0 Å². The number of nitrogen functional groups attached to an aromatic ring is 1. The minimum atomic E-state index is -3.48. The summed E-state index contributed by atoms with van der Waals surface area (Å²) in [6.07, 6.45) is 2.26. The first-order chi connectivity index (χ1) is 7.86. The monoisotopic (exact) mass is 255 g/mol. The van der Waals surface area contributed by atoms with E-state index in [-0.39, 0.29) is 16.1 Å². The SMILES string of the molecule is CNS(=O)(=O)c1ccc(NC2(C)CC2)cc1N. The molecule has 5 nitrogen and oxygen atoms in total. The van der Waals surface area contributed by atoms with E-state index in [9.17, 15) is 8.42 Å². The van der Waals surface area contributed by atoms with Gasteiger partial charge in [0.25, 0.3) is 0 Å². The Morgan fingerprint density at radius 2 is 2.00 bits per heavy atom. The van der Waals surface area contributed by atoms with Gasteiger partial charge in [0.15, 0.2) is 0 Å². The molecule has 0 aliphatic heterocycles. The second-order valence-electron chi connectivity index (χ2n) is 4.65. The van der Waals surface area contributed by atoms with Crippen LogP contribution in [-0.4, -0.2) is 21.0 Å². The number of nitrogens with two attached hydrogens (primary N) is 1. The van der Waals surface area contributed by atoms with Crippen LogP contribution in [0.3, 0.4) is 0 Å². The maximum Gasteiger partial charge on any atom is 0.242 e. The summed E-state index contributed by atoms with van der Waals surface area (Å²) >= 11 is 0. The van der Waals surface area contributed by atoms with Gasteiger partial charge in [0.1, 0.15) is 4.90 Å². The average molecular weight is 255 g/mol. The summed E-state index contributed by atoms with van der Waals surface area (Å²) in [5.74, 6) is 0. The lowest BCUT2D eigenvalue weighted by Crippen LogP contribution is -2.20. The van der Waals surface area contributed by atoms with Crippen molar-refractivity contribution in [2.75, 3.05) is 18.1 Å². The standard InChI is InChI=1S/C11H17N3O2S/c1-11(5-6-11)14-8-3-4-10(9(12)7-8)17(15,16)13-2/h3-4,7,13-14H,5-6,12H2,1-2H3. The molecule has 2 rings (SSSR count). The molecule has 1 aromatic carbocycles. The molecule has 6 heteroatoms. The highest BCUT2D eigenvalue weighted by atomic mass is 32.2. The van der Waals surface area contributed by atoms with Gasteiger partial charge in [-0.15, -0.1) is 0 Å². The Morgan fingerprint density at radius 1 is 1.35 bits per heavy atom. The van der Waals surface area contributed by atoms with Gasteiger partial charge in [-0.25, -0.2) is 13.1 Å². The number of benzene rings is 1. The number of hydrogen-bond acceptors (Lipinski definition) is 4. The lowest BCUT2D eigenvalue weighted by Gasteiger charge is -2.14. The van der Waals surface area contributed by atoms with E-state index in [1.807, 2.05) is 0 Å². The van der Waals surface area contributed by atoms with Crippen molar-refractivity contribution in [2.45, 2.75) is 30.2 Å². The summed E-state index contributed by atoms with van der Waals surface area (Å²) < 4.78 is 25.5. The number of rotatable bonds is 4. The second kappa shape index (κ2) is 3.89. The van der Waals surface area contributed by atoms with Crippen LogP contribution in [0, 0.1) is 0 Å². The van der Waals surface area contributed by atoms with Crippen molar-refractivity contribution >= 4 is 21.4 Å². The van der Waals surface area contributed by atoms with Crippen LogP contribution in [0.25, 0.3) is 0 Å². The third-order valence-electron chi connectivity index (χ3n) is 3.01. The summed E-state index contributed by atoms with van der Waals surface area (Å²) in [4.78, 5) is 0.117. The molecule has 0 radical (unpaired) electrons. The third-order valence-corrected chi connectivity index (χ3v) is 4.50. The molecule has 1 saturated carbocycles.